The fourth-order valence-electron chi connectivity index (χ4n) is 1.62. The van der Waals surface area contributed by atoms with Gasteiger partial charge < -0.3 is 4.74 Å². The smallest absolute Gasteiger partial charge is 0.312 e. The van der Waals surface area contributed by atoms with Crippen LogP contribution in [0, 0.1) is 32.8 Å². The van der Waals surface area contributed by atoms with Gasteiger partial charge in [0.1, 0.15) is 0 Å². The molecule has 108 valence electrons. The molecule has 0 heterocycles. The normalized spacial score (nSPS) is 12.6. The van der Waals surface area contributed by atoms with Crippen LogP contribution in [0.4, 0.5) is 5.69 Å². The molecule has 0 aliphatic rings. The highest BCUT2D eigenvalue weighted by Crippen LogP contribution is 2.31. The predicted molar refractivity (Wildman–Crippen MR) is 80.1 cm³/mol. The first-order chi connectivity index (χ1) is 9.29. The van der Waals surface area contributed by atoms with Gasteiger partial charge in [-0.3, -0.25) is 10.1 Å². The highest BCUT2D eigenvalue weighted by molar-refractivity contribution is 7.80. The summed E-state index contributed by atoms with van der Waals surface area (Å²) < 4.78 is 5.58. The van der Waals surface area contributed by atoms with E-state index in [0.717, 1.165) is 0 Å². The zero-order chi connectivity index (χ0) is 15.3. The molecule has 1 rings (SSSR count). The molecule has 1 aromatic rings. The van der Waals surface area contributed by atoms with Crippen LogP contribution in [0.15, 0.2) is 18.2 Å². The second-order valence-corrected chi connectivity index (χ2v) is 5.97. The molecule has 0 bridgehead atoms. The van der Waals surface area contributed by atoms with E-state index in [2.05, 4.69) is 33.4 Å². The monoisotopic (exact) mass is 294 g/mol. The van der Waals surface area contributed by atoms with Crippen molar-refractivity contribution < 1.29 is 9.66 Å². The van der Waals surface area contributed by atoms with Gasteiger partial charge in [0, 0.05) is 12.0 Å². The van der Waals surface area contributed by atoms with Crippen LogP contribution in [-0.2, 0) is 0 Å². The number of nitrogens with zero attached hydrogens (tertiary/aromatic N) is 2. The third-order valence-corrected chi connectivity index (χ3v) is 3.61. The molecular weight excluding hydrogens is 276 g/mol. The van der Waals surface area contributed by atoms with Gasteiger partial charge in [-0.1, -0.05) is 20.8 Å². The summed E-state index contributed by atoms with van der Waals surface area (Å²) in [6.07, 6.45) is 0. The van der Waals surface area contributed by atoms with Gasteiger partial charge in [-0.05, 0) is 23.3 Å². The van der Waals surface area contributed by atoms with Crippen LogP contribution in [0.5, 0.6) is 5.75 Å². The SMILES string of the molecule is CC(C)(C)C(CS)COc1ccc(C#N)cc1[N+](=O)[O-]. The lowest BCUT2D eigenvalue weighted by atomic mass is 9.82. The molecule has 5 nitrogen and oxygen atoms in total. The average Bonchev–Trinajstić information content (AvgIpc) is 2.37. The van der Waals surface area contributed by atoms with Crippen LogP contribution in [-0.4, -0.2) is 17.3 Å². The number of nitro benzene ring substituents is 1. The molecule has 0 saturated carbocycles. The topological polar surface area (TPSA) is 76.2 Å². The molecule has 20 heavy (non-hydrogen) atoms. The maximum absolute atomic E-state index is 11.0. The first kappa shape index (κ1) is 16.3. The first-order valence-electron chi connectivity index (χ1n) is 6.21. The average molecular weight is 294 g/mol. The molecule has 0 N–H and O–H groups in total. The second-order valence-electron chi connectivity index (χ2n) is 5.61. The van der Waals surface area contributed by atoms with Gasteiger partial charge in [0.2, 0.25) is 0 Å². The number of ether oxygens (including phenoxy) is 1. The summed E-state index contributed by atoms with van der Waals surface area (Å²) in [6, 6.07) is 6.08. The molecule has 6 heteroatoms. The number of rotatable bonds is 5. The van der Waals surface area contributed by atoms with Crippen LogP contribution in [0.1, 0.15) is 26.3 Å². The molecule has 0 aliphatic heterocycles. The first-order valence-corrected chi connectivity index (χ1v) is 6.85. The third kappa shape index (κ3) is 4.14. The quantitative estimate of drug-likeness (QED) is 0.513. The molecule has 1 atom stereocenters. The summed E-state index contributed by atoms with van der Waals surface area (Å²) in [5, 5.41) is 19.8. The Morgan fingerprint density at radius 3 is 2.60 bits per heavy atom. The van der Waals surface area contributed by atoms with E-state index < -0.39 is 4.92 Å². The lowest BCUT2D eigenvalue weighted by molar-refractivity contribution is -0.385. The van der Waals surface area contributed by atoms with Crippen molar-refractivity contribution in [2.45, 2.75) is 20.8 Å². The maximum atomic E-state index is 11.0. The zero-order valence-corrected chi connectivity index (χ0v) is 12.7. The Kier molecular flexibility index (Phi) is 5.40. The van der Waals surface area contributed by atoms with Crippen LogP contribution in [0.2, 0.25) is 0 Å². The van der Waals surface area contributed by atoms with Crippen molar-refractivity contribution in [3.63, 3.8) is 0 Å². The van der Waals surface area contributed by atoms with Crippen molar-refractivity contribution >= 4 is 18.3 Å². The zero-order valence-electron chi connectivity index (χ0n) is 11.8. The van der Waals surface area contributed by atoms with Gasteiger partial charge in [0.25, 0.3) is 0 Å². The third-order valence-electron chi connectivity index (χ3n) is 3.17. The predicted octanol–water partition coefficient (Wildman–Crippen LogP) is 3.44. The van der Waals surface area contributed by atoms with Gasteiger partial charge in [-0.25, -0.2) is 0 Å². The minimum atomic E-state index is -0.539. The molecule has 0 spiro atoms. The van der Waals surface area contributed by atoms with E-state index in [0.29, 0.717) is 12.4 Å². The minimum Gasteiger partial charge on any atom is -0.486 e. The number of nitro groups is 1. The summed E-state index contributed by atoms with van der Waals surface area (Å²) >= 11 is 4.30. The summed E-state index contributed by atoms with van der Waals surface area (Å²) in [5.41, 5.74) is 0.0600. The number of thiol groups is 1. The van der Waals surface area contributed by atoms with Gasteiger partial charge in [0.05, 0.1) is 23.2 Å². The van der Waals surface area contributed by atoms with Gasteiger partial charge in [-0.2, -0.15) is 17.9 Å². The minimum absolute atomic E-state index is 0.00310. The largest absolute Gasteiger partial charge is 0.486 e. The van der Waals surface area contributed by atoms with Crippen molar-refractivity contribution in [3.8, 4) is 11.8 Å². The van der Waals surface area contributed by atoms with E-state index in [1.807, 2.05) is 6.07 Å². The molecule has 0 saturated heterocycles. The van der Waals surface area contributed by atoms with Crippen LogP contribution < -0.4 is 4.74 Å². The summed E-state index contributed by atoms with van der Waals surface area (Å²) in [5.74, 6) is 0.985. The van der Waals surface area contributed by atoms with Crippen molar-refractivity contribution in [2.75, 3.05) is 12.4 Å². The fraction of sp³-hybridized carbons (Fsp3) is 0.500. The molecule has 0 aliphatic carbocycles. The highest BCUT2D eigenvalue weighted by Gasteiger charge is 2.25. The molecular formula is C14H18N2O3S. The Bertz CT molecular complexity index is 532. The summed E-state index contributed by atoms with van der Waals surface area (Å²) in [6.45, 7) is 6.57. The Hall–Kier alpha value is -1.74. The lowest BCUT2D eigenvalue weighted by Crippen LogP contribution is -2.28. The van der Waals surface area contributed by atoms with Crippen molar-refractivity contribution in [2.24, 2.45) is 11.3 Å². The van der Waals surface area contributed by atoms with Crippen LogP contribution in [0.3, 0.4) is 0 Å². The van der Waals surface area contributed by atoms with E-state index in [1.165, 1.54) is 18.2 Å². The number of hydrogen-bond acceptors (Lipinski definition) is 5. The molecule has 0 aromatic heterocycles. The number of hydrogen-bond donors (Lipinski definition) is 1. The van der Waals surface area contributed by atoms with Crippen molar-refractivity contribution in [1.29, 1.82) is 5.26 Å². The molecule has 0 amide bonds. The standard InChI is InChI=1S/C14H18N2O3S/c1-14(2,3)11(9-20)8-19-13-5-4-10(7-15)6-12(13)16(17)18/h4-6,11,20H,8-9H2,1-3H3. The number of benzene rings is 1. The van der Waals surface area contributed by atoms with Crippen LogP contribution >= 0.6 is 12.6 Å². The van der Waals surface area contributed by atoms with E-state index in [-0.39, 0.29) is 28.3 Å². The molecule has 1 unspecified atom stereocenters. The Morgan fingerprint density at radius 1 is 1.50 bits per heavy atom. The van der Waals surface area contributed by atoms with Gasteiger partial charge >= 0.3 is 5.69 Å². The fourth-order valence-corrected chi connectivity index (χ4v) is 2.27. The van der Waals surface area contributed by atoms with E-state index in [4.69, 9.17) is 10.00 Å². The lowest BCUT2D eigenvalue weighted by Gasteiger charge is -2.29. The van der Waals surface area contributed by atoms with Crippen LogP contribution in [0.25, 0.3) is 0 Å². The molecule has 0 fully saturated rings. The van der Waals surface area contributed by atoms with Crippen molar-refractivity contribution in [1.82, 2.24) is 0 Å². The van der Waals surface area contributed by atoms with Gasteiger partial charge in [-0.15, -0.1) is 0 Å². The van der Waals surface area contributed by atoms with Gasteiger partial charge in [0.15, 0.2) is 5.75 Å². The molecule has 1 aromatic carbocycles. The summed E-state index contributed by atoms with van der Waals surface area (Å²) in [4.78, 5) is 10.5. The highest BCUT2D eigenvalue weighted by atomic mass is 32.1. The van der Waals surface area contributed by atoms with E-state index >= 15 is 0 Å². The maximum Gasteiger partial charge on any atom is 0.312 e. The van der Waals surface area contributed by atoms with Crippen molar-refractivity contribution in [3.05, 3.63) is 33.9 Å². The Labute approximate surface area is 124 Å². The summed E-state index contributed by atoms with van der Waals surface area (Å²) in [7, 11) is 0. The Balaban J connectivity index is 2.93. The number of nitriles is 1. The molecule has 0 radical (unpaired) electrons. The Morgan fingerprint density at radius 2 is 2.15 bits per heavy atom. The van der Waals surface area contributed by atoms with E-state index in [1.54, 1.807) is 0 Å². The van der Waals surface area contributed by atoms with E-state index in [9.17, 15) is 10.1 Å². The second kappa shape index (κ2) is 6.62.